The Kier molecular flexibility index (Phi) is 4.74. The van der Waals surface area contributed by atoms with Crippen LogP contribution in [0, 0.1) is 17.5 Å². The third kappa shape index (κ3) is 2.99. The van der Waals surface area contributed by atoms with E-state index in [1.807, 2.05) is 6.92 Å². The number of pyridine rings is 1. The molecule has 0 aliphatic carbocycles. The van der Waals surface area contributed by atoms with Gasteiger partial charge in [-0.15, -0.1) is 0 Å². The van der Waals surface area contributed by atoms with Gasteiger partial charge in [-0.05, 0) is 37.2 Å². The molecule has 0 saturated carbocycles. The van der Waals surface area contributed by atoms with Crippen molar-refractivity contribution in [2.24, 2.45) is 0 Å². The molecule has 1 unspecified atom stereocenters. The second-order valence-corrected chi connectivity index (χ2v) is 4.39. The van der Waals surface area contributed by atoms with Gasteiger partial charge in [0.25, 0.3) is 0 Å². The van der Waals surface area contributed by atoms with Gasteiger partial charge in [0.05, 0.1) is 11.7 Å². The average Bonchev–Trinajstić information content (AvgIpc) is 2.43. The Labute approximate surface area is 115 Å². The maximum atomic E-state index is 13.9. The molecule has 2 nitrogen and oxygen atoms in total. The molecule has 0 spiro atoms. The van der Waals surface area contributed by atoms with Crippen LogP contribution in [0.15, 0.2) is 36.5 Å². The van der Waals surface area contributed by atoms with Crippen molar-refractivity contribution in [3.63, 3.8) is 0 Å². The summed E-state index contributed by atoms with van der Waals surface area (Å²) in [5.74, 6) is -2.03. The maximum absolute atomic E-state index is 13.9. The van der Waals surface area contributed by atoms with Gasteiger partial charge in [0, 0.05) is 11.8 Å². The van der Waals surface area contributed by atoms with Gasteiger partial charge >= 0.3 is 0 Å². The first-order valence-corrected chi connectivity index (χ1v) is 6.42. The van der Waals surface area contributed by atoms with E-state index in [0.29, 0.717) is 6.54 Å². The van der Waals surface area contributed by atoms with E-state index in [2.05, 4.69) is 10.3 Å². The quantitative estimate of drug-likeness (QED) is 0.905. The first-order chi connectivity index (χ1) is 9.65. The lowest BCUT2D eigenvalue weighted by atomic mass is 10.0. The Morgan fingerprint density at radius 3 is 2.30 bits per heavy atom. The monoisotopic (exact) mass is 280 g/mol. The highest BCUT2D eigenvalue weighted by molar-refractivity contribution is 5.31. The van der Waals surface area contributed by atoms with Crippen LogP contribution in [-0.4, -0.2) is 11.5 Å². The van der Waals surface area contributed by atoms with Crippen LogP contribution in [0.4, 0.5) is 13.2 Å². The van der Waals surface area contributed by atoms with Gasteiger partial charge in [-0.2, -0.15) is 0 Å². The SMILES string of the molecule is CCCNC(c1ncccc1F)c1c(F)cccc1F. The summed E-state index contributed by atoms with van der Waals surface area (Å²) in [7, 11) is 0. The van der Waals surface area contributed by atoms with Crippen molar-refractivity contribution in [3.05, 3.63) is 65.2 Å². The predicted molar refractivity (Wildman–Crippen MR) is 70.7 cm³/mol. The Morgan fingerprint density at radius 1 is 1.05 bits per heavy atom. The normalized spacial score (nSPS) is 12.4. The molecule has 1 atom stereocenters. The maximum Gasteiger partial charge on any atom is 0.146 e. The van der Waals surface area contributed by atoms with E-state index in [1.54, 1.807) is 0 Å². The molecule has 0 aliphatic heterocycles. The van der Waals surface area contributed by atoms with E-state index >= 15 is 0 Å². The number of aromatic nitrogens is 1. The number of benzene rings is 1. The molecule has 0 bridgehead atoms. The fraction of sp³-hybridized carbons (Fsp3) is 0.267. The zero-order valence-corrected chi connectivity index (χ0v) is 11.0. The summed E-state index contributed by atoms with van der Waals surface area (Å²) in [6, 6.07) is 5.30. The highest BCUT2D eigenvalue weighted by Crippen LogP contribution is 2.27. The van der Waals surface area contributed by atoms with Crippen LogP contribution in [0.2, 0.25) is 0 Å². The molecule has 1 aromatic carbocycles. The zero-order chi connectivity index (χ0) is 14.5. The largest absolute Gasteiger partial charge is 0.305 e. The molecule has 2 rings (SSSR count). The van der Waals surface area contributed by atoms with Crippen molar-refractivity contribution >= 4 is 0 Å². The van der Waals surface area contributed by atoms with Crippen molar-refractivity contribution in [2.45, 2.75) is 19.4 Å². The van der Waals surface area contributed by atoms with Crippen molar-refractivity contribution in [2.75, 3.05) is 6.54 Å². The van der Waals surface area contributed by atoms with Crippen LogP contribution < -0.4 is 5.32 Å². The lowest BCUT2D eigenvalue weighted by Gasteiger charge is -2.20. The van der Waals surface area contributed by atoms with Gasteiger partial charge in [0.15, 0.2) is 0 Å². The molecule has 0 radical (unpaired) electrons. The molecule has 2 aromatic rings. The predicted octanol–water partition coefficient (Wildman–Crippen LogP) is 3.59. The van der Waals surface area contributed by atoms with Gasteiger partial charge in [0.2, 0.25) is 0 Å². The van der Waals surface area contributed by atoms with Crippen molar-refractivity contribution in [1.82, 2.24) is 10.3 Å². The average molecular weight is 280 g/mol. The van der Waals surface area contributed by atoms with Crippen LogP contribution in [-0.2, 0) is 0 Å². The minimum Gasteiger partial charge on any atom is -0.305 e. The molecule has 1 aromatic heterocycles. The molecule has 0 aliphatic rings. The molecule has 5 heteroatoms. The lowest BCUT2D eigenvalue weighted by molar-refractivity contribution is 0.479. The van der Waals surface area contributed by atoms with E-state index in [1.165, 1.54) is 24.4 Å². The van der Waals surface area contributed by atoms with Crippen molar-refractivity contribution in [1.29, 1.82) is 0 Å². The van der Waals surface area contributed by atoms with E-state index in [9.17, 15) is 13.2 Å². The summed E-state index contributed by atoms with van der Waals surface area (Å²) in [5, 5.41) is 2.94. The van der Waals surface area contributed by atoms with Crippen molar-refractivity contribution < 1.29 is 13.2 Å². The summed E-state index contributed by atoms with van der Waals surface area (Å²) < 4.78 is 41.7. The zero-order valence-electron chi connectivity index (χ0n) is 11.0. The van der Waals surface area contributed by atoms with Gasteiger partial charge in [0.1, 0.15) is 17.5 Å². The molecular weight excluding hydrogens is 265 g/mol. The molecule has 0 amide bonds. The topological polar surface area (TPSA) is 24.9 Å². The molecular formula is C15H15F3N2. The fourth-order valence-corrected chi connectivity index (χ4v) is 2.02. The lowest BCUT2D eigenvalue weighted by Crippen LogP contribution is -2.27. The third-order valence-electron chi connectivity index (χ3n) is 2.95. The Bertz CT molecular complexity index is 567. The second kappa shape index (κ2) is 6.52. The molecule has 106 valence electrons. The number of nitrogens with zero attached hydrogens (tertiary/aromatic N) is 1. The number of nitrogens with one attached hydrogen (secondary N) is 1. The Balaban J connectivity index is 2.50. The summed E-state index contributed by atoms with van der Waals surface area (Å²) in [4.78, 5) is 3.92. The first kappa shape index (κ1) is 14.5. The van der Waals surface area contributed by atoms with Gasteiger partial charge in [-0.3, -0.25) is 4.98 Å². The van der Waals surface area contributed by atoms with Crippen molar-refractivity contribution in [3.8, 4) is 0 Å². The fourth-order valence-electron chi connectivity index (χ4n) is 2.02. The number of hydrogen-bond donors (Lipinski definition) is 1. The molecule has 0 saturated heterocycles. The summed E-state index contributed by atoms with van der Waals surface area (Å²) in [5.41, 5.74) is -0.219. The van der Waals surface area contributed by atoms with E-state index in [4.69, 9.17) is 0 Å². The standard InChI is InChI=1S/C15H15F3N2/c1-2-8-19-15(14-12(18)7-4-9-20-14)13-10(16)5-3-6-11(13)17/h3-7,9,15,19H,2,8H2,1H3. The number of halogens is 3. The Hall–Kier alpha value is -1.88. The van der Waals surface area contributed by atoms with E-state index in [-0.39, 0.29) is 11.3 Å². The number of rotatable bonds is 5. The molecule has 0 fully saturated rings. The second-order valence-electron chi connectivity index (χ2n) is 4.39. The van der Waals surface area contributed by atoms with Gasteiger partial charge < -0.3 is 5.32 Å². The molecule has 1 N–H and O–H groups in total. The summed E-state index contributed by atoms with van der Waals surface area (Å²) >= 11 is 0. The van der Waals surface area contributed by atoms with Crippen LogP contribution in [0.5, 0.6) is 0 Å². The van der Waals surface area contributed by atoms with Gasteiger partial charge in [-0.1, -0.05) is 13.0 Å². The van der Waals surface area contributed by atoms with Crippen LogP contribution in [0.3, 0.4) is 0 Å². The minimum atomic E-state index is -0.947. The van der Waals surface area contributed by atoms with Crippen LogP contribution in [0.1, 0.15) is 30.6 Å². The highest BCUT2D eigenvalue weighted by atomic mass is 19.1. The highest BCUT2D eigenvalue weighted by Gasteiger charge is 2.24. The molecule has 1 heterocycles. The van der Waals surface area contributed by atoms with Crippen LogP contribution in [0.25, 0.3) is 0 Å². The van der Waals surface area contributed by atoms with Gasteiger partial charge in [-0.25, -0.2) is 13.2 Å². The summed E-state index contributed by atoms with van der Waals surface area (Å²) in [6.45, 7) is 2.41. The van der Waals surface area contributed by atoms with Crippen LogP contribution >= 0.6 is 0 Å². The Morgan fingerprint density at radius 2 is 1.70 bits per heavy atom. The van der Waals surface area contributed by atoms with E-state index in [0.717, 1.165) is 18.6 Å². The minimum absolute atomic E-state index is 0.00931. The third-order valence-corrected chi connectivity index (χ3v) is 2.95. The first-order valence-electron chi connectivity index (χ1n) is 6.42. The summed E-state index contributed by atoms with van der Waals surface area (Å²) in [6.07, 6.45) is 2.15. The smallest absolute Gasteiger partial charge is 0.146 e. The number of hydrogen-bond acceptors (Lipinski definition) is 2. The van der Waals surface area contributed by atoms with E-state index < -0.39 is 23.5 Å². The molecule has 20 heavy (non-hydrogen) atoms.